The van der Waals surface area contributed by atoms with Crippen molar-refractivity contribution in [2.24, 2.45) is 0 Å². The van der Waals surface area contributed by atoms with Crippen LogP contribution in [0.25, 0.3) is 0 Å². The van der Waals surface area contributed by atoms with E-state index < -0.39 is 0 Å². The number of halogens is 2. The molecular weight excluding hydrogens is 225 g/mol. The topological polar surface area (TPSA) is 49.3 Å². The summed E-state index contributed by atoms with van der Waals surface area (Å²) >= 11 is 9.53. The summed E-state index contributed by atoms with van der Waals surface area (Å²) in [7, 11) is 0. The number of hydrogen-bond donors (Lipinski definition) is 2. The molecule has 1 amide bonds. The normalized spacial score (nSPS) is 8.50. The van der Waals surface area contributed by atoms with Crippen molar-refractivity contribution in [1.29, 1.82) is 0 Å². The lowest BCUT2D eigenvalue weighted by atomic mass is 10.3. The number of carbonyl (C=O) groups excluding carboxylic acids is 1. The second-order valence-corrected chi connectivity index (χ2v) is 3.14. The molecule has 0 atom stereocenters. The fourth-order valence-electron chi connectivity index (χ4n) is 0.748. The minimum Gasteiger partial charge on any atom is -0.508 e. The summed E-state index contributed by atoms with van der Waals surface area (Å²) in [5, 5.41) is 11.7. The first-order valence-electron chi connectivity index (χ1n) is 3.78. The van der Waals surface area contributed by atoms with E-state index in [0.29, 0.717) is 5.69 Å². The summed E-state index contributed by atoms with van der Waals surface area (Å²) in [6.07, 6.45) is 0. The summed E-state index contributed by atoms with van der Waals surface area (Å²) in [5.74, 6) is 0.0785. The minimum atomic E-state index is -0.115. The third-order valence-corrected chi connectivity index (χ3v) is 1.19. The van der Waals surface area contributed by atoms with Gasteiger partial charge in [0.25, 0.3) is 0 Å². The van der Waals surface area contributed by atoms with E-state index in [1.54, 1.807) is 12.1 Å². The number of amides is 1. The van der Waals surface area contributed by atoms with Crippen LogP contribution in [-0.2, 0) is 4.79 Å². The number of carbonyl (C=O) groups is 1. The number of alkyl halides is 2. The van der Waals surface area contributed by atoms with E-state index in [4.69, 9.17) is 28.3 Å². The molecular formula is C9H11Cl2NO2. The van der Waals surface area contributed by atoms with E-state index in [0.717, 1.165) is 0 Å². The van der Waals surface area contributed by atoms with Gasteiger partial charge in [0.05, 0.1) is 5.34 Å². The number of aromatic hydroxyl groups is 1. The van der Waals surface area contributed by atoms with E-state index in [2.05, 4.69) is 5.32 Å². The molecule has 0 unspecified atom stereocenters. The lowest BCUT2D eigenvalue weighted by Crippen LogP contribution is -2.04. The van der Waals surface area contributed by atoms with Crippen LogP contribution in [0.5, 0.6) is 5.75 Å². The van der Waals surface area contributed by atoms with Crippen molar-refractivity contribution in [2.45, 2.75) is 6.92 Å². The number of rotatable bonds is 1. The number of benzene rings is 1. The molecule has 0 bridgehead atoms. The second kappa shape index (κ2) is 7.47. The van der Waals surface area contributed by atoms with Gasteiger partial charge in [-0.15, -0.1) is 23.2 Å². The Morgan fingerprint density at radius 3 is 2.14 bits per heavy atom. The van der Waals surface area contributed by atoms with Crippen molar-refractivity contribution in [3.8, 4) is 5.75 Å². The van der Waals surface area contributed by atoms with E-state index in [9.17, 15) is 4.79 Å². The SMILES string of the molecule is CC(=O)Nc1ccc(O)cc1.ClCCl. The molecule has 0 aromatic heterocycles. The van der Waals surface area contributed by atoms with Crippen LogP contribution in [0.1, 0.15) is 6.92 Å². The average molecular weight is 236 g/mol. The van der Waals surface area contributed by atoms with Gasteiger partial charge in [0.2, 0.25) is 5.91 Å². The molecule has 0 spiro atoms. The number of anilines is 1. The lowest BCUT2D eigenvalue weighted by Gasteiger charge is -1.99. The van der Waals surface area contributed by atoms with E-state index in [-0.39, 0.29) is 17.0 Å². The molecule has 1 rings (SSSR count). The first-order valence-corrected chi connectivity index (χ1v) is 4.85. The molecule has 0 saturated carbocycles. The van der Waals surface area contributed by atoms with Crippen LogP contribution in [-0.4, -0.2) is 16.4 Å². The molecule has 2 N–H and O–H groups in total. The Kier molecular flexibility index (Phi) is 6.98. The van der Waals surface area contributed by atoms with Gasteiger partial charge in [-0.25, -0.2) is 0 Å². The number of phenolic OH excluding ortho intramolecular Hbond substituents is 1. The molecule has 0 aliphatic carbocycles. The molecule has 3 nitrogen and oxygen atoms in total. The van der Waals surface area contributed by atoms with Gasteiger partial charge in [0.1, 0.15) is 5.75 Å². The highest BCUT2D eigenvalue weighted by atomic mass is 35.5. The highest BCUT2D eigenvalue weighted by molar-refractivity contribution is 6.40. The van der Waals surface area contributed by atoms with E-state index in [1.807, 2.05) is 0 Å². The zero-order valence-corrected chi connectivity index (χ0v) is 9.14. The van der Waals surface area contributed by atoms with E-state index in [1.165, 1.54) is 19.1 Å². The van der Waals surface area contributed by atoms with Gasteiger partial charge in [0, 0.05) is 12.6 Å². The molecule has 1 aromatic carbocycles. The third-order valence-electron chi connectivity index (χ3n) is 1.19. The minimum absolute atomic E-state index is 0.115. The van der Waals surface area contributed by atoms with Crippen molar-refractivity contribution < 1.29 is 9.90 Å². The predicted molar refractivity (Wildman–Crippen MR) is 59.0 cm³/mol. The van der Waals surface area contributed by atoms with Gasteiger partial charge in [-0.1, -0.05) is 0 Å². The first-order chi connectivity index (χ1) is 6.60. The Labute approximate surface area is 92.6 Å². The maximum Gasteiger partial charge on any atom is 0.221 e. The lowest BCUT2D eigenvalue weighted by molar-refractivity contribution is -0.114. The second-order valence-electron chi connectivity index (χ2n) is 2.33. The zero-order chi connectivity index (χ0) is 11.0. The monoisotopic (exact) mass is 235 g/mol. The van der Waals surface area contributed by atoms with Crippen LogP contribution in [0.15, 0.2) is 24.3 Å². The molecule has 0 aliphatic heterocycles. The third kappa shape index (κ3) is 6.57. The summed E-state index contributed by atoms with van der Waals surface area (Å²) in [5.41, 5.74) is 0.690. The molecule has 78 valence electrons. The van der Waals surface area contributed by atoms with E-state index >= 15 is 0 Å². The van der Waals surface area contributed by atoms with Gasteiger partial charge < -0.3 is 10.4 Å². The fraction of sp³-hybridized carbons (Fsp3) is 0.222. The van der Waals surface area contributed by atoms with Gasteiger partial charge in [-0.3, -0.25) is 4.79 Å². The van der Waals surface area contributed by atoms with Crippen molar-refractivity contribution in [3.05, 3.63) is 24.3 Å². The molecule has 5 heteroatoms. The van der Waals surface area contributed by atoms with Gasteiger partial charge in [-0.2, -0.15) is 0 Å². The molecule has 0 heterocycles. The Morgan fingerprint density at radius 1 is 1.36 bits per heavy atom. The highest BCUT2D eigenvalue weighted by Crippen LogP contribution is 2.13. The molecule has 14 heavy (non-hydrogen) atoms. The molecule has 0 saturated heterocycles. The summed E-state index contributed by atoms with van der Waals surface area (Å²) in [6, 6.07) is 6.31. The highest BCUT2D eigenvalue weighted by Gasteiger charge is 1.93. The zero-order valence-electron chi connectivity index (χ0n) is 7.63. The van der Waals surface area contributed by atoms with Crippen molar-refractivity contribution >= 4 is 34.8 Å². The van der Waals surface area contributed by atoms with Crippen molar-refractivity contribution in [1.82, 2.24) is 0 Å². The van der Waals surface area contributed by atoms with Crippen LogP contribution in [0.4, 0.5) is 5.69 Å². The smallest absolute Gasteiger partial charge is 0.221 e. The summed E-state index contributed by atoms with van der Waals surface area (Å²) < 4.78 is 0. The van der Waals surface area contributed by atoms with Crippen LogP contribution in [0.3, 0.4) is 0 Å². The largest absolute Gasteiger partial charge is 0.508 e. The Bertz CT molecular complexity index is 275. The average Bonchev–Trinajstić information content (AvgIpc) is 2.09. The number of hydrogen-bond acceptors (Lipinski definition) is 2. The molecule has 0 fully saturated rings. The Balaban J connectivity index is 0.000000500. The van der Waals surface area contributed by atoms with Crippen LogP contribution >= 0.6 is 23.2 Å². The van der Waals surface area contributed by atoms with Crippen LogP contribution in [0.2, 0.25) is 0 Å². The predicted octanol–water partition coefficient (Wildman–Crippen LogP) is 2.77. The van der Waals surface area contributed by atoms with Crippen molar-refractivity contribution in [3.63, 3.8) is 0 Å². The molecule has 0 aliphatic rings. The Morgan fingerprint density at radius 2 is 1.79 bits per heavy atom. The maximum absolute atomic E-state index is 10.5. The maximum atomic E-state index is 10.5. The summed E-state index contributed by atoms with van der Waals surface area (Å²) in [6.45, 7) is 1.44. The number of phenols is 1. The molecule has 0 radical (unpaired) electrons. The molecule has 1 aromatic rings. The fourth-order valence-corrected chi connectivity index (χ4v) is 0.748. The number of nitrogens with one attached hydrogen (secondary N) is 1. The Hall–Kier alpha value is -0.930. The van der Waals surface area contributed by atoms with Gasteiger partial charge in [0.15, 0.2) is 0 Å². The van der Waals surface area contributed by atoms with Gasteiger partial charge >= 0.3 is 0 Å². The van der Waals surface area contributed by atoms with Crippen LogP contribution < -0.4 is 5.32 Å². The van der Waals surface area contributed by atoms with Crippen LogP contribution in [0, 0.1) is 0 Å². The first kappa shape index (κ1) is 13.1. The van der Waals surface area contributed by atoms with Crippen molar-refractivity contribution in [2.75, 3.05) is 10.7 Å². The summed E-state index contributed by atoms with van der Waals surface area (Å²) in [4.78, 5) is 10.5. The standard InChI is InChI=1S/C8H9NO2.CH2Cl2/c1-6(10)9-7-2-4-8(11)5-3-7;2-1-3/h2-5,11H,1H3,(H,9,10);1H2. The quantitative estimate of drug-likeness (QED) is 0.581. The van der Waals surface area contributed by atoms with Gasteiger partial charge in [-0.05, 0) is 24.3 Å².